The SMILES string of the molecule is CCc1cccc2c(C3=CCN(C(=O)CC(C)C)CC3)c[nH]c12. The van der Waals surface area contributed by atoms with Crippen LogP contribution in [0.4, 0.5) is 0 Å². The zero-order chi connectivity index (χ0) is 16.4. The second-order valence-corrected chi connectivity index (χ2v) is 6.81. The molecule has 0 atom stereocenters. The number of carbonyl (C=O) groups excluding carboxylic acids is 1. The van der Waals surface area contributed by atoms with Crippen LogP contribution in [0.2, 0.25) is 0 Å². The van der Waals surface area contributed by atoms with Crippen molar-refractivity contribution in [1.29, 1.82) is 0 Å². The predicted molar refractivity (Wildman–Crippen MR) is 96.3 cm³/mol. The molecule has 2 aromatic rings. The number of aromatic nitrogens is 1. The summed E-state index contributed by atoms with van der Waals surface area (Å²) < 4.78 is 0. The van der Waals surface area contributed by atoms with Gasteiger partial charge in [-0.1, -0.05) is 45.0 Å². The first-order valence-electron chi connectivity index (χ1n) is 8.66. The van der Waals surface area contributed by atoms with Crippen molar-refractivity contribution in [3.63, 3.8) is 0 Å². The van der Waals surface area contributed by atoms with Gasteiger partial charge in [-0.2, -0.15) is 0 Å². The lowest BCUT2D eigenvalue weighted by atomic mass is 9.97. The predicted octanol–water partition coefficient (Wildman–Crippen LogP) is 4.39. The third-order valence-electron chi connectivity index (χ3n) is 4.67. The van der Waals surface area contributed by atoms with Crippen LogP contribution in [0, 0.1) is 5.92 Å². The minimum Gasteiger partial charge on any atom is -0.360 e. The minimum absolute atomic E-state index is 0.280. The van der Waals surface area contributed by atoms with Crippen molar-refractivity contribution in [2.45, 2.75) is 40.0 Å². The first-order chi connectivity index (χ1) is 11.1. The third kappa shape index (κ3) is 3.19. The van der Waals surface area contributed by atoms with E-state index in [1.54, 1.807) is 0 Å². The minimum atomic E-state index is 0.280. The van der Waals surface area contributed by atoms with Gasteiger partial charge in [-0.15, -0.1) is 0 Å². The summed E-state index contributed by atoms with van der Waals surface area (Å²) in [7, 11) is 0. The smallest absolute Gasteiger partial charge is 0.223 e. The van der Waals surface area contributed by atoms with Crippen LogP contribution in [-0.2, 0) is 11.2 Å². The molecule has 23 heavy (non-hydrogen) atoms. The first-order valence-corrected chi connectivity index (χ1v) is 8.66. The Labute approximate surface area is 138 Å². The molecule has 0 bridgehead atoms. The van der Waals surface area contributed by atoms with E-state index in [1.165, 1.54) is 27.6 Å². The van der Waals surface area contributed by atoms with Crippen molar-refractivity contribution in [3.8, 4) is 0 Å². The summed E-state index contributed by atoms with van der Waals surface area (Å²) in [6.07, 6.45) is 6.97. The number of hydrogen-bond acceptors (Lipinski definition) is 1. The van der Waals surface area contributed by atoms with E-state index in [2.05, 4.69) is 56.2 Å². The molecule has 3 nitrogen and oxygen atoms in total. The summed E-state index contributed by atoms with van der Waals surface area (Å²) in [5.74, 6) is 0.705. The number of aryl methyl sites for hydroxylation is 1. The molecule has 1 aromatic carbocycles. The van der Waals surface area contributed by atoms with Crippen LogP contribution < -0.4 is 0 Å². The van der Waals surface area contributed by atoms with Gasteiger partial charge in [0.15, 0.2) is 0 Å². The van der Waals surface area contributed by atoms with Gasteiger partial charge in [-0.05, 0) is 29.9 Å². The number of para-hydroxylation sites is 1. The number of carbonyl (C=O) groups is 1. The quantitative estimate of drug-likeness (QED) is 0.893. The number of nitrogens with zero attached hydrogens (tertiary/aromatic N) is 1. The van der Waals surface area contributed by atoms with E-state index in [9.17, 15) is 4.79 Å². The van der Waals surface area contributed by atoms with E-state index in [0.29, 0.717) is 12.3 Å². The Kier molecular flexibility index (Phi) is 4.56. The van der Waals surface area contributed by atoms with Gasteiger partial charge in [0.25, 0.3) is 0 Å². The van der Waals surface area contributed by atoms with Crippen LogP contribution in [-0.4, -0.2) is 28.9 Å². The Morgan fingerprint density at radius 2 is 2.17 bits per heavy atom. The Bertz CT molecular complexity index is 739. The molecule has 0 fully saturated rings. The summed E-state index contributed by atoms with van der Waals surface area (Å²) in [4.78, 5) is 17.6. The number of hydrogen-bond donors (Lipinski definition) is 1. The first kappa shape index (κ1) is 15.9. The molecule has 1 aliphatic heterocycles. The van der Waals surface area contributed by atoms with Crippen molar-refractivity contribution in [3.05, 3.63) is 41.6 Å². The second kappa shape index (κ2) is 6.61. The molecule has 1 N–H and O–H groups in total. The van der Waals surface area contributed by atoms with Gasteiger partial charge in [0.1, 0.15) is 0 Å². The van der Waals surface area contributed by atoms with E-state index in [4.69, 9.17) is 0 Å². The van der Waals surface area contributed by atoms with Crippen LogP contribution in [0.3, 0.4) is 0 Å². The van der Waals surface area contributed by atoms with Gasteiger partial charge in [0.2, 0.25) is 5.91 Å². The van der Waals surface area contributed by atoms with E-state index < -0.39 is 0 Å². The number of rotatable bonds is 4. The topological polar surface area (TPSA) is 36.1 Å². The molecule has 122 valence electrons. The van der Waals surface area contributed by atoms with Crippen molar-refractivity contribution in [2.24, 2.45) is 5.92 Å². The number of amides is 1. The Morgan fingerprint density at radius 3 is 2.83 bits per heavy atom. The van der Waals surface area contributed by atoms with Gasteiger partial charge in [0, 0.05) is 42.2 Å². The fourth-order valence-electron chi connectivity index (χ4n) is 3.40. The fraction of sp³-hybridized carbons (Fsp3) is 0.450. The van der Waals surface area contributed by atoms with Gasteiger partial charge >= 0.3 is 0 Å². The van der Waals surface area contributed by atoms with E-state index in [1.807, 2.05) is 4.90 Å². The third-order valence-corrected chi connectivity index (χ3v) is 4.67. The number of fused-ring (bicyclic) bond motifs is 1. The van der Waals surface area contributed by atoms with Crippen molar-refractivity contribution >= 4 is 22.4 Å². The summed E-state index contributed by atoms with van der Waals surface area (Å²) in [5, 5.41) is 1.30. The molecule has 0 unspecified atom stereocenters. The van der Waals surface area contributed by atoms with Crippen molar-refractivity contribution < 1.29 is 4.79 Å². The molecule has 0 saturated heterocycles. The molecule has 0 aliphatic carbocycles. The monoisotopic (exact) mass is 310 g/mol. The maximum atomic E-state index is 12.2. The molecule has 0 saturated carbocycles. The van der Waals surface area contributed by atoms with Gasteiger partial charge < -0.3 is 9.88 Å². The highest BCUT2D eigenvalue weighted by atomic mass is 16.2. The lowest BCUT2D eigenvalue weighted by Gasteiger charge is -2.27. The maximum Gasteiger partial charge on any atom is 0.223 e. The molecule has 0 spiro atoms. The van der Waals surface area contributed by atoms with Crippen LogP contribution in [0.5, 0.6) is 0 Å². The molecule has 1 aliphatic rings. The standard InChI is InChI=1S/C20H26N2O/c1-4-15-6-5-7-17-18(13-21-20(15)17)16-8-10-22(11-9-16)19(23)12-14(2)3/h5-8,13-14,21H,4,9-12H2,1-3H3. The molecular formula is C20H26N2O. The molecule has 1 aromatic heterocycles. The van der Waals surface area contributed by atoms with Crippen LogP contribution in [0.1, 0.15) is 44.7 Å². The lowest BCUT2D eigenvalue weighted by molar-refractivity contribution is -0.131. The number of aromatic amines is 1. The van der Waals surface area contributed by atoms with Crippen LogP contribution in [0.25, 0.3) is 16.5 Å². The van der Waals surface area contributed by atoms with Crippen molar-refractivity contribution in [2.75, 3.05) is 13.1 Å². The summed E-state index contributed by atoms with van der Waals surface area (Å²) in [5.41, 5.74) is 5.27. The van der Waals surface area contributed by atoms with Gasteiger partial charge in [-0.3, -0.25) is 4.79 Å². The van der Waals surface area contributed by atoms with Gasteiger partial charge in [-0.25, -0.2) is 0 Å². The average molecular weight is 310 g/mol. The summed E-state index contributed by atoms with van der Waals surface area (Å²) in [6.45, 7) is 7.95. The molecular weight excluding hydrogens is 284 g/mol. The fourth-order valence-corrected chi connectivity index (χ4v) is 3.40. The number of benzene rings is 1. The number of H-pyrrole nitrogens is 1. The highest BCUT2D eigenvalue weighted by molar-refractivity contribution is 5.94. The zero-order valence-corrected chi connectivity index (χ0v) is 14.4. The van der Waals surface area contributed by atoms with Gasteiger partial charge in [0.05, 0.1) is 0 Å². The van der Waals surface area contributed by atoms with E-state index >= 15 is 0 Å². The second-order valence-electron chi connectivity index (χ2n) is 6.81. The molecule has 0 radical (unpaired) electrons. The summed E-state index contributed by atoms with van der Waals surface area (Å²) in [6, 6.07) is 6.52. The number of nitrogens with one attached hydrogen (secondary N) is 1. The summed E-state index contributed by atoms with van der Waals surface area (Å²) >= 11 is 0. The zero-order valence-electron chi connectivity index (χ0n) is 14.4. The largest absolute Gasteiger partial charge is 0.360 e. The molecule has 3 heteroatoms. The highest BCUT2D eigenvalue weighted by Gasteiger charge is 2.20. The highest BCUT2D eigenvalue weighted by Crippen LogP contribution is 2.31. The van der Waals surface area contributed by atoms with Crippen molar-refractivity contribution in [1.82, 2.24) is 9.88 Å². The lowest BCUT2D eigenvalue weighted by Crippen LogP contribution is -2.35. The van der Waals surface area contributed by atoms with Crippen LogP contribution in [0.15, 0.2) is 30.5 Å². The Balaban J connectivity index is 1.82. The van der Waals surface area contributed by atoms with E-state index in [0.717, 1.165) is 25.9 Å². The average Bonchev–Trinajstić information content (AvgIpc) is 2.98. The molecule has 3 rings (SSSR count). The molecule has 1 amide bonds. The van der Waals surface area contributed by atoms with Crippen LogP contribution >= 0.6 is 0 Å². The normalized spacial score (nSPS) is 15.3. The maximum absolute atomic E-state index is 12.2. The molecule has 2 heterocycles. The van der Waals surface area contributed by atoms with E-state index in [-0.39, 0.29) is 5.91 Å². The Hall–Kier alpha value is -2.03. The Morgan fingerprint density at radius 1 is 1.35 bits per heavy atom.